The van der Waals surface area contributed by atoms with Gasteiger partial charge in [0.2, 0.25) is 0 Å². The molecule has 3 atom stereocenters. The molecule has 2 aliphatic heterocycles. The highest BCUT2D eigenvalue weighted by molar-refractivity contribution is 5.57. The van der Waals surface area contributed by atoms with Crippen LogP contribution < -0.4 is 5.32 Å². The normalized spacial score (nSPS) is 22.6. The van der Waals surface area contributed by atoms with Gasteiger partial charge < -0.3 is 15.3 Å². The summed E-state index contributed by atoms with van der Waals surface area (Å²) in [6.07, 6.45) is 4.48. The van der Waals surface area contributed by atoms with Gasteiger partial charge in [-0.2, -0.15) is 5.26 Å². The van der Waals surface area contributed by atoms with Gasteiger partial charge in [0, 0.05) is 24.8 Å². The molecule has 5 rings (SSSR count). The second-order valence-corrected chi connectivity index (χ2v) is 8.34. The molecule has 3 unspecified atom stereocenters. The van der Waals surface area contributed by atoms with Crippen LogP contribution in [0.1, 0.15) is 34.7 Å². The predicted molar refractivity (Wildman–Crippen MR) is 125 cm³/mol. The van der Waals surface area contributed by atoms with Crippen molar-refractivity contribution in [3.8, 4) is 6.07 Å². The summed E-state index contributed by atoms with van der Waals surface area (Å²) < 4.78 is 0. The Morgan fingerprint density at radius 2 is 1.72 bits per heavy atom. The van der Waals surface area contributed by atoms with E-state index in [9.17, 15) is 5.11 Å². The molecule has 32 heavy (non-hydrogen) atoms. The molecule has 3 aromatic rings. The Labute approximate surface area is 188 Å². The lowest BCUT2D eigenvalue weighted by Gasteiger charge is -2.46. The Kier molecular flexibility index (Phi) is 5.64. The molecule has 0 radical (unpaired) electrons. The first-order valence-corrected chi connectivity index (χ1v) is 11.0. The van der Waals surface area contributed by atoms with Crippen molar-refractivity contribution in [3.05, 3.63) is 113 Å². The lowest BCUT2D eigenvalue weighted by Crippen LogP contribution is -2.53. The zero-order valence-corrected chi connectivity index (χ0v) is 17.8. The maximum Gasteiger partial charge on any atom is 0.185 e. The van der Waals surface area contributed by atoms with E-state index in [0.717, 1.165) is 25.2 Å². The van der Waals surface area contributed by atoms with Gasteiger partial charge >= 0.3 is 0 Å². The SMILES string of the molecule is N#Cc1ccc(CN2C=CC(N3C(O)Nc4ccccc4C3c3ccccc3)CC2)cc1. The molecule has 2 heterocycles. The summed E-state index contributed by atoms with van der Waals surface area (Å²) in [5, 5.41) is 23.4. The molecule has 0 saturated carbocycles. The highest BCUT2D eigenvalue weighted by Gasteiger charge is 2.38. The van der Waals surface area contributed by atoms with Gasteiger partial charge in [0.15, 0.2) is 6.35 Å². The van der Waals surface area contributed by atoms with Gasteiger partial charge in [-0.05, 0) is 47.5 Å². The van der Waals surface area contributed by atoms with Crippen molar-refractivity contribution >= 4 is 5.69 Å². The number of anilines is 1. The molecule has 5 nitrogen and oxygen atoms in total. The van der Waals surface area contributed by atoms with Gasteiger partial charge in [-0.25, -0.2) is 4.90 Å². The third kappa shape index (κ3) is 3.99. The Balaban J connectivity index is 1.39. The fraction of sp³-hybridized carbons (Fsp3) is 0.222. The van der Waals surface area contributed by atoms with E-state index in [-0.39, 0.29) is 12.1 Å². The summed E-state index contributed by atoms with van der Waals surface area (Å²) in [5.41, 5.74) is 5.20. The largest absolute Gasteiger partial charge is 0.373 e. The van der Waals surface area contributed by atoms with Crippen molar-refractivity contribution < 1.29 is 5.11 Å². The van der Waals surface area contributed by atoms with Crippen LogP contribution in [0, 0.1) is 11.3 Å². The molecule has 2 aliphatic rings. The van der Waals surface area contributed by atoms with E-state index < -0.39 is 6.35 Å². The first-order chi connectivity index (χ1) is 15.7. The molecule has 0 bridgehead atoms. The monoisotopic (exact) mass is 422 g/mol. The maximum atomic E-state index is 11.1. The number of aliphatic hydroxyl groups is 1. The van der Waals surface area contributed by atoms with E-state index in [1.807, 2.05) is 42.5 Å². The average molecular weight is 423 g/mol. The summed E-state index contributed by atoms with van der Waals surface area (Å²) in [4.78, 5) is 4.46. The van der Waals surface area contributed by atoms with Crippen LogP contribution in [0.2, 0.25) is 0 Å². The quantitative estimate of drug-likeness (QED) is 0.651. The molecular formula is C27H26N4O. The van der Waals surface area contributed by atoms with Gasteiger partial charge in [-0.1, -0.05) is 66.7 Å². The van der Waals surface area contributed by atoms with E-state index >= 15 is 0 Å². The number of para-hydroxylation sites is 1. The highest BCUT2D eigenvalue weighted by atomic mass is 16.3. The fourth-order valence-electron chi connectivity index (χ4n) is 4.73. The zero-order chi connectivity index (χ0) is 21.9. The standard InChI is InChI=1S/C27H26N4O/c28-18-20-10-12-21(13-11-20)19-30-16-14-23(15-17-30)31-26(22-6-2-1-3-7-22)24-8-4-5-9-25(24)29-27(31)32/h1-14,16,23,26-27,29,32H,15,17,19H2. The van der Waals surface area contributed by atoms with E-state index in [1.165, 1.54) is 16.7 Å². The molecular weight excluding hydrogens is 396 g/mol. The minimum atomic E-state index is -0.769. The van der Waals surface area contributed by atoms with Crippen LogP contribution in [0.5, 0.6) is 0 Å². The van der Waals surface area contributed by atoms with E-state index in [1.54, 1.807) is 0 Å². The third-order valence-electron chi connectivity index (χ3n) is 6.32. The summed E-state index contributed by atoms with van der Waals surface area (Å²) in [7, 11) is 0. The molecule has 0 fully saturated rings. The number of hydrogen-bond donors (Lipinski definition) is 2. The molecule has 3 aromatic carbocycles. The van der Waals surface area contributed by atoms with Crippen LogP contribution in [0.25, 0.3) is 0 Å². The van der Waals surface area contributed by atoms with Crippen molar-refractivity contribution in [1.29, 1.82) is 5.26 Å². The second kappa shape index (κ2) is 8.88. The molecule has 0 aliphatic carbocycles. The number of aliphatic hydroxyl groups excluding tert-OH is 1. The maximum absolute atomic E-state index is 11.1. The van der Waals surface area contributed by atoms with E-state index in [2.05, 4.69) is 69.9 Å². The lowest BCUT2D eigenvalue weighted by atomic mass is 9.91. The number of rotatable bonds is 4. The number of nitrogens with one attached hydrogen (secondary N) is 1. The zero-order valence-electron chi connectivity index (χ0n) is 17.8. The second-order valence-electron chi connectivity index (χ2n) is 8.34. The summed E-state index contributed by atoms with van der Waals surface area (Å²) in [6, 6.07) is 28.6. The Bertz CT molecular complexity index is 1140. The van der Waals surface area contributed by atoms with Crippen LogP contribution in [0.15, 0.2) is 91.1 Å². The van der Waals surface area contributed by atoms with E-state index in [4.69, 9.17) is 5.26 Å². The van der Waals surface area contributed by atoms with Crippen LogP contribution in [0.3, 0.4) is 0 Å². The van der Waals surface area contributed by atoms with Crippen LogP contribution in [0.4, 0.5) is 5.69 Å². The molecule has 160 valence electrons. The smallest absolute Gasteiger partial charge is 0.185 e. The highest BCUT2D eigenvalue weighted by Crippen LogP contribution is 2.40. The summed E-state index contributed by atoms with van der Waals surface area (Å²) in [5.74, 6) is 0. The Morgan fingerprint density at radius 3 is 2.44 bits per heavy atom. The first-order valence-electron chi connectivity index (χ1n) is 11.0. The number of benzene rings is 3. The van der Waals surface area contributed by atoms with Gasteiger partial charge in [0.1, 0.15) is 0 Å². The number of nitrogens with zero attached hydrogens (tertiary/aromatic N) is 3. The summed E-state index contributed by atoms with van der Waals surface area (Å²) in [6.45, 7) is 1.70. The molecule has 0 spiro atoms. The van der Waals surface area contributed by atoms with Gasteiger partial charge in [-0.15, -0.1) is 0 Å². The Morgan fingerprint density at radius 1 is 0.969 bits per heavy atom. The minimum absolute atomic E-state index is 0.0247. The Hall–Kier alpha value is -3.59. The van der Waals surface area contributed by atoms with E-state index in [0.29, 0.717) is 5.56 Å². The van der Waals surface area contributed by atoms with Crippen LogP contribution >= 0.6 is 0 Å². The number of nitriles is 1. The molecule has 0 amide bonds. The number of fused-ring (bicyclic) bond motifs is 1. The minimum Gasteiger partial charge on any atom is -0.373 e. The van der Waals surface area contributed by atoms with Crippen molar-refractivity contribution in [1.82, 2.24) is 9.80 Å². The van der Waals surface area contributed by atoms with Crippen LogP contribution in [-0.4, -0.2) is 33.8 Å². The summed E-state index contributed by atoms with van der Waals surface area (Å²) >= 11 is 0. The van der Waals surface area contributed by atoms with Crippen molar-refractivity contribution in [2.45, 2.75) is 31.4 Å². The third-order valence-corrected chi connectivity index (χ3v) is 6.32. The molecule has 0 saturated heterocycles. The van der Waals surface area contributed by atoms with Crippen LogP contribution in [-0.2, 0) is 6.54 Å². The molecule has 2 N–H and O–H groups in total. The molecule has 0 aromatic heterocycles. The van der Waals surface area contributed by atoms with Gasteiger partial charge in [0.05, 0.1) is 17.7 Å². The van der Waals surface area contributed by atoms with Crippen molar-refractivity contribution in [2.75, 3.05) is 11.9 Å². The average Bonchev–Trinajstić information content (AvgIpc) is 2.85. The fourth-order valence-corrected chi connectivity index (χ4v) is 4.73. The van der Waals surface area contributed by atoms with Gasteiger partial charge in [-0.3, -0.25) is 0 Å². The predicted octanol–water partition coefficient (Wildman–Crippen LogP) is 4.44. The van der Waals surface area contributed by atoms with Gasteiger partial charge in [0.25, 0.3) is 0 Å². The lowest BCUT2D eigenvalue weighted by molar-refractivity contribution is -0.0259. The van der Waals surface area contributed by atoms with Crippen molar-refractivity contribution in [2.24, 2.45) is 0 Å². The number of hydrogen-bond acceptors (Lipinski definition) is 5. The molecule has 5 heteroatoms. The first kappa shape index (κ1) is 20.3. The van der Waals surface area contributed by atoms with Crippen molar-refractivity contribution in [3.63, 3.8) is 0 Å². The topological polar surface area (TPSA) is 62.5 Å².